The fourth-order valence-electron chi connectivity index (χ4n) is 3.14. The number of imidazole rings is 1. The van der Waals surface area contributed by atoms with Gasteiger partial charge in [-0.05, 0) is 55.0 Å². The molecule has 0 aliphatic rings. The van der Waals surface area contributed by atoms with Crippen LogP contribution in [0, 0.1) is 16.2 Å². The Hall–Kier alpha value is -3.46. The predicted octanol–water partition coefficient (Wildman–Crippen LogP) is 2.99. The highest BCUT2D eigenvalue weighted by atomic mass is 32.2. The predicted molar refractivity (Wildman–Crippen MR) is 129 cm³/mol. The molecule has 0 atom stereocenters. The molecule has 0 amide bonds. The Bertz CT molecular complexity index is 1010. The van der Waals surface area contributed by atoms with E-state index in [1.54, 1.807) is 23.9 Å². The SMILES string of the molecule is N=C(N)c1ccc(OCCCn2ccn(CCCSc3ccc(C(=N)N)cc3)c2=N)cc1. The normalized spacial score (nSPS) is 10.8. The van der Waals surface area contributed by atoms with Crippen LogP contribution in [0.5, 0.6) is 5.75 Å². The van der Waals surface area contributed by atoms with E-state index in [-0.39, 0.29) is 11.7 Å². The summed E-state index contributed by atoms with van der Waals surface area (Å²) >= 11 is 1.76. The number of nitrogens with zero attached hydrogens (tertiary/aromatic N) is 2. The molecule has 9 heteroatoms. The summed E-state index contributed by atoms with van der Waals surface area (Å²) < 4.78 is 9.62. The number of thioether (sulfide) groups is 1. The standard InChI is InChI=1S/C23H29N7OS/c24-21(25)17-3-7-19(8-4-17)31-15-1-11-29-13-14-30(23(29)28)12-2-16-32-20-9-5-18(6-10-20)22(26)27/h3-10,13-14,28H,1-2,11-12,15-16H2,(H3,24,25)(H3,26,27). The van der Waals surface area contributed by atoms with Crippen molar-refractivity contribution in [3.63, 3.8) is 0 Å². The summed E-state index contributed by atoms with van der Waals surface area (Å²) in [7, 11) is 0. The lowest BCUT2D eigenvalue weighted by atomic mass is 10.2. The molecule has 0 aliphatic carbocycles. The number of nitrogens with one attached hydrogen (secondary N) is 3. The van der Waals surface area contributed by atoms with Crippen LogP contribution in [-0.2, 0) is 13.1 Å². The van der Waals surface area contributed by atoms with Crippen molar-refractivity contribution in [2.75, 3.05) is 12.4 Å². The second-order valence-electron chi connectivity index (χ2n) is 7.29. The van der Waals surface area contributed by atoms with Gasteiger partial charge in [0.05, 0.1) is 6.61 Å². The van der Waals surface area contributed by atoms with Crippen molar-refractivity contribution in [2.24, 2.45) is 11.5 Å². The van der Waals surface area contributed by atoms with Crippen molar-refractivity contribution in [2.45, 2.75) is 30.8 Å². The molecule has 2 aromatic carbocycles. The fraction of sp³-hybridized carbons (Fsp3) is 0.261. The van der Waals surface area contributed by atoms with Crippen molar-refractivity contribution in [3.05, 3.63) is 77.7 Å². The van der Waals surface area contributed by atoms with Crippen LogP contribution in [0.25, 0.3) is 0 Å². The van der Waals surface area contributed by atoms with Gasteiger partial charge in [-0.15, -0.1) is 11.8 Å². The Morgan fingerprint density at radius 3 is 1.91 bits per heavy atom. The molecular formula is C23H29N7OS. The topological polar surface area (TPSA) is 143 Å². The first-order valence-corrected chi connectivity index (χ1v) is 11.4. The molecule has 0 bridgehead atoms. The second kappa shape index (κ2) is 11.2. The lowest BCUT2D eigenvalue weighted by Crippen LogP contribution is -2.25. The summed E-state index contributed by atoms with van der Waals surface area (Å²) in [6.07, 6.45) is 5.65. The fourth-order valence-corrected chi connectivity index (χ4v) is 3.98. The minimum atomic E-state index is 0.0438. The van der Waals surface area contributed by atoms with E-state index in [0.29, 0.717) is 24.3 Å². The van der Waals surface area contributed by atoms with Crippen LogP contribution < -0.4 is 21.8 Å². The molecular weight excluding hydrogens is 422 g/mol. The van der Waals surface area contributed by atoms with Gasteiger partial charge in [0.1, 0.15) is 17.4 Å². The zero-order chi connectivity index (χ0) is 22.9. The summed E-state index contributed by atoms with van der Waals surface area (Å²) in [5.74, 6) is 1.83. The van der Waals surface area contributed by atoms with E-state index in [0.717, 1.165) is 41.3 Å². The molecule has 1 aromatic heterocycles. The maximum Gasteiger partial charge on any atom is 0.202 e. The molecule has 0 saturated carbocycles. The molecule has 0 fully saturated rings. The minimum absolute atomic E-state index is 0.0438. The maximum atomic E-state index is 8.37. The van der Waals surface area contributed by atoms with Crippen LogP contribution in [0.1, 0.15) is 24.0 Å². The molecule has 8 nitrogen and oxygen atoms in total. The van der Waals surface area contributed by atoms with Gasteiger partial charge in [-0.3, -0.25) is 16.2 Å². The van der Waals surface area contributed by atoms with E-state index in [1.807, 2.05) is 57.9 Å². The number of hydrogen-bond acceptors (Lipinski definition) is 5. The average molecular weight is 452 g/mol. The number of aryl methyl sites for hydroxylation is 2. The highest BCUT2D eigenvalue weighted by molar-refractivity contribution is 7.99. The van der Waals surface area contributed by atoms with Crippen molar-refractivity contribution in [1.82, 2.24) is 9.13 Å². The molecule has 1 heterocycles. The minimum Gasteiger partial charge on any atom is -0.494 e. The molecule has 0 aliphatic heterocycles. The molecule has 7 N–H and O–H groups in total. The largest absolute Gasteiger partial charge is 0.494 e. The average Bonchev–Trinajstić information content (AvgIpc) is 3.14. The Labute approximate surface area is 191 Å². The molecule has 3 rings (SSSR count). The summed E-state index contributed by atoms with van der Waals surface area (Å²) in [5, 5.41) is 23.2. The Morgan fingerprint density at radius 2 is 1.34 bits per heavy atom. The van der Waals surface area contributed by atoms with Crippen LogP contribution in [-0.4, -0.2) is 33.2 Å². The number of aromatic nitrogens is 2. The highest BCUT2D eigenvalue weighted by Gasteiger charge is 2.03. The molecule has 168 valence electrons. The van der Waals surface area contributed by atoms with Gasteiger partial charge < -0.3 is 25.3 Å². The number of nitrogen functional groups attached to an aromatic ring is 2. The van der Waals surface area contributed by atoms with Gasteiger partial charge in [0, 0.05) is 41.5 Å². The third-order valence-electron chi connectivity index (χ3n) is 4.93. The Morgan fingerprint density at radius 1 is 0.812 bits per heavy atom. The first-order chi connectivity index (χ1) is 15.4. The number of nitrogens with two attached hydrogens (primary N) is 2. The summed E-state index contributed by atoms with van der Waals surface area (Å²) in [6, 6.07) is 14.9. The molecule has 32 heavy (non-hydrogen) atoms. The third kappa shape index (κ3) is 6.52. The number of hydrogen-bond donors (Lipinski definition) is 5. The van der Waals surface area contributed by atoms with Gasteiger partial charge in [-0.2, -0.15) is 0 Å². The summed E-state index contributed by atoms with van der Waals surface area (Å²) in [5.41, 5.74) is 12.8. The number of rotatable bonds is 12. The zero-order valence-corrected chi connectivity index (χ0v) is 18.7. The van der Waals surface area contributed by atoms with Gasteiger partial charge in [-0.1, -0.05) is 12.1 Å². The van der Waals surface area contributed by atoms with Gasteiger partial charge in [0.15, 0.2) is 0 Å². The first-order valence-electron chi connectivity index (χ1n) is 10.4. The van der Waals surface area contributed by atoms with Crippen molar-refractivity contribution in [1.29, 1.82) is 16.2 Å². The van der Waals surface area contributed by atoms with Gasteiger partial charge in [0.2, 0.25) is 5.62 Å². The molecule has 0 unspecified atom stereocenters. The van der Waals surface area contributed by atoms with Crippen molar-refractivity contribution >= 4 is 23.4 Å². The van der Waals surface area contributed by atoms with E-state index < -0.39 is 0 Å². The number of amidine groups is 2. The Balaban J connectivity index is 1.37. The van der Waals surface area contributed by atoms with E-state index in [4.69, 9.17) is 32.4 Å². The van der Waals surface area contributed by atoms with Crippen molar-refractivity contribution in [3.8, 4) is 5.75 Å². The van der Waals surface area contributed by atoms with Gasteiger partial charge in [0.25, 0.3) is 0 Å². The van der Waals surface area contributed by atoms with Crippen LogP contribution in [0.2, 0.25) is 0 Å². The van der Waals surface area contributed by atoms with Gasteiger partial charge >= 0.3 is 0 Å². The lowest BCUT2D eigenvalue weighted by Gasteiger charge is -2.08. The van der Waals surface area contributed by atoms with E-state index in [9.17, 15) is 0 Å². The maximum absolute atomic E-state index is 8.37. The zero-order valence-electron chi connectivity index (χ0n) is 17.9. The quantitative estimate of drug-likeness (QED) is 0.125. The summed E-state index contributed by atoms with van der Waals surface area (Å²) in [4.78, 5) is 1.15. The van der Waals surface area contributed by atoms with Gasteiger partial charge in [-0.25, -0.2) is 0 Å². The van der Waals surface area contributed by atoms with Crippen molar-refractivity contribution < 1.29 is 4.74 Å². The smallest absolute Gasteiger partial charge is 0.202 e. The Kier molecular flexibility index (Phi) is 8.15. The van der Waals surface area contributed by atoms with E-state index >= 15 is 0 Å². The highest BCUT2D eigenvalue weighted by Crippen LogP contribution is 2.19. The molecule has 3 aromatic rings. The molecule has 0 saturated heterocycles. The van der Waals surface area contributed by atoms with E-state index in [2.05, 4.69) is 0 Å². The van der Waals surface area contributed by atoms with Crippen LogP contribution >= 0.6 is 11.8 Å². The van der Waals surface area contributed by atoms with Crippen LogP contribution in [0.15, 0.2) is 65.8 Å². The number of ether oxygens (including phenoxy) is 1. The lowest BCUT2D eigenvalue weighted by molar-refractivity contribution is 0.300. The second-order valence-corrected chi connectivity index (χ2v) is 8.46. The molecule has 0 radical (unpaired) electrons. The van der Waals surface area contributed by atoms with E-state index in [1.165, 1.54) is 0 Å². The number of benzene rings is 2. The van der Waals surface area contributed by atoms with Crippen LogP contribution in [0.4, 0.5) is 0 Å². The first kappa shape index (κ1) is 23.2. The van der Waals surface area contributed by atoms with Crippen LogP contribution in [0.3, 0.4) is 0 Å². The monoisotopic (exact) mass is 451 g/mol. The molecule has 0 spiro atoms. The third-order valence-corrected chi connectivity index (χ3v) is 6.02. The summed E-state index contributed by atoms with van der Waals surface area (Å²) in [6.45, 7) is 2.06.